The van der Waals surface area contributed by atoms with E-state index in [1.165, 1.54) is 7.11 Å². The van der Waals surface area contributed by atoms with Crippen LogP contribution in [0.2, 0.25) is 0 Å². The number of benzene rings is 1. The number of nitrogens with zero attached hydrogens (tertiary/aromatic N) is 3. The molecular formula is C27H39N3O5. The Hall–Kier alpha value is -2.79. The van der Waals surface area contributed by atoms with Gasteiger partial charge in [0.05, 0.1) is 18.2 Å². The Morgan fingerprint density at radius 3 is 2.40 bits per heavy atom. The summed E-state index contributed by atoms with van der Waals surface area (Å²) < 4.78 is 16.4. The van der Waals surface area contributed by atoms with Gasteiger partial charge in [0, 0.05) is 44.6 Å². The molecule has 1 amide bonds. The van der Waals surface area contributed by atoms with Crippen LogP contribution >= 0.6 is 0 Å². The molecule has 1 aromatic rings. The second kappa shape index (κ2) is 11.3. The van der Waals surface area contributed by atoms with Gasteiger partial charge >= 0.3 is 12.1 Å². The van der Waals surface area contributed by atoms with E-state index in [9.17, 15) is 14.9 Å². The van der Waals surface area contributed by atoms with Crippen LogP contribution in [0.1, 0.15) is 76.2 Å². The van der Waals surface area contributed by atoms with Gasteiger partial charge in [0.2, 0.25) is 0 Å². The third-order valence-electron chi connectivity index (χ3n) is 6.76. The van der Waals surface area contributed by atoms with Crippen molar-refractivity contribution in [2.45, 2.75) is 84.1 Å². The predicted molar refractivity (Wildman–Crippen MR) is 132 cm³/mol. The Bertz CT molecular complexity index is 935. The Morgan fingerprint density at radius 1 is 1.20 bits per heavy atom. The molecule has 0 bridgehead atoms. The van der Waals surface area contributed by atoms with E-state index in [4.69, 9.17) is 14.2 Å². The molecule has 192 valence electrons. The molecule has 1 aliphatic carbocycles. The summed E-state index contributed by atoms with van der Waals surface area (Å²) in [6.45, 7) is 12.6. The van der Waals surface area contributed by atoms with Gasteiger partial charge in [-0.15, -0.1) is 0 Å². The van der Waals surface area contributed by atoms with Crippen LogP contribution in [-0.4, -0.2) is 72.4 Å². The molecule has 1 saturated carbocycles. The van der Waals surface area contributed by atoms with Crippen molar-refractivity contribution in [1.29, 1.82) is 5.26 Å². The molecule has 2 fully saturated rings. The Morgan fingerprint density at radius 2 is 1.86 bits per heavy atom. The molecule has 0 aromatic heterocycles. The third kappa shape index (κ3) is 7.11. The average Bonchev–Trinajstić information content (AvgIpc) is 2.78. The molecule has 0 unspecified atom stereocenters. The van der Waals surface area contributed by atoms with Crippen LogP contribution in [0, 0.1) is 17.2 Å². The van der Waals surface area contributed by atoms with E-state index in [1.807, 2.05) is 31.7 Å². The normalized spacial score (nSPS) is 20.8. The van der Waals surface area contributed by atoms with Crippen LogP contribution in [0.5, 0.6) is 5.75 Å². The zero-order chi connectivity index (χ0) is 25.8. The quantitative estimate of drug-likeness (QED) is 0.521. The molecule has 1 heterocycles. The zero-order valence-electron chi connectivity index (χ0n) is 21.9. The summed E-state index contributed by atoms with van der Waals surface area (Å²) in [7, 11) is 1.30. The van der Waals surface area contributed by atoms with Gasteiger partial charge < -0.3 is 19.1 Å². The summed E-state index contributed by atoms with van der Waals surface area (Å²) >= 11 is 0. The van der Waals surface area contributed by atoms with Gasteiger partial charge in [0.1, 0.15) is 23.5 Å². The number of carbonyl (C=O) groups is 2. The second-order valence-corrected chi connectivity index (χ2v) is 10.9. The van der Waals surface area contributed by atoms with Gasteiger partial charge in [-0.3, -0.25) is 4.90 Å². The molecule has 1 saturated heterocycles. The highest BCUT2D eigenvalue weighted by atomic mass is 16.6. The Labute approximate surface area is 209 Å². The lowest BCUT2D eigenvalue weighted by atomic mass is 9.85. The number of esters is 1. The maximum atomic E-state index is 12.3. The van der Waals surface area contributed by atoms with E-state index in [0.29, 0.717) is 23.8 Å². The first kappa shape index (κ1) is 26.8. The standard InChI is InChI=1S/C27H39N3O5/c1-18(2)30(17-19-9-11-29(12-10-19)26(32)35-27(3,4)5)21-13-23(14-21)34-22-8-7-20(16-28)24(15-22)25(31)33-6/h7-8,15,18-19,21,23H,9-14,17H2,1-6H3/t21-,23-. The lowest BCUT2D eigenvalue weighted by molar-refractivity contribution is -0.0134. The van der Waals surface area contributed by atoms with Crippen molar-refractivity contribution in [2.24, 2.45) is 5.92 Å². The summed E-state index contributed by atoms with van der Waals surface area (Å²) in [4.78, 5) is 28.7. The molecule has 0 radical (unpaired) electrons. The smallest absolute Gasteiger partial charge is 0.410 e. The van der Waals surface area contributed by atoms with Gasteiger partial charge in [0.25, 0.3) is 0 Å². The maximum absolute atomic E-state index is 12.3. The van der Waals surface area contributed by atoms with Gasteiger partial charge in [-0.05, 0) is 71.6 Å². The molecule has 0 N–H and O–H groups in total. The highest BCUT2D eigenvalue weighted by Gasteiger charge is 2.38. The van der Waals surface area contributed by atoms with Gasteiger partial charge in [-0.25, -0.2) is 9.59 Å². The number of piperidine rings is 1. The van der Waals surface area contributed by atoms with Crippen LogP contribution in [0.4, 0.5) is 4.79 Å². The first-order chi connectivity index (χ1) is 16.5. The van der Waals surface area contributed by atoms with Gasteiger partial charge in [-0.1, -0.05) is 0 Å². The number of methoxy groups -OCH3 is 1. The van der Waals surface area contributed by atoms with E-state index in [2.05, 4.69) is 18.7 Å². The fourth-order valence-electron chi connectivity index (χ4n) is 4.77. The minimum Gasteiger partial charge on any atom is -0.490 e. The number of hydrogen-bond acceptors (Lipinski definition) is 7. The van der Waals surface area contributed by atoms with Crippen LogP contribution in [0.25, 0.3) is 0 Å². The summed E-state index contributed by atoms with van der Waals surface area (Å²) in [6.07, 6.45) is 3.67. The fraction of sp³-hybridized carbons (Fsp3) is 0.667. The molecule has 0 spiro atoms. The van der Waals surface area contributed by atoms with Crippen LogP contribution < -0.4 is 4.74 Å². The van der Waals surface area contributed by atoms with Crippen LogP contribution in [-0.2, 0) is 9.47 Å². The molecule has 1 aliphatic heterocycles. The monoisotopic (exact) mass is 485 g/mol. The number of rotatable bonds is 7. The first-order valence-corrected chi connectivity index (χ1v) is 12.5. The molecule has 1 aromatic carbocycles. The van der Waals surface area contributed by atoms with Crippen molar-refractivity contribution in [3.8, 4) is 11.8 Å². The number of carbonyl (C=O) groups excluding carboxylic acids is 2. The molecular weight excluding hydrogens is 446 g/mol. The van der Waals surface area contributed by atoms with Crippen molar-refractivity contribution in [3.63, 3.8) is 0 Å². The van der Waals surface area contributed by atoms with Crippen molar-refractivity contribution in [3.05, 3.63) is 29.3 Å². The van der Waals surface area contributed by atoms with Crippen molar-refractivity contribution in [1.82, 2.24) is 9.80 Å². The third-order valence-corrected chi connectivity index (χ3v) is 6.76. The number of ether oxygens (including phenoxy) is 3. The highest BCUT2D eigenvalue weighted by molar-refractivity contribution is 5.92. The van der Waals surface area contributed by atoms with Crippen molar-refractivity contribution >= 4 is 12.1 Å². The first-order valence-electron chi connectivity index (χ1n) is 12.5. The van der Waals surface area contributed by atoms with Crippen LogP contribution in [0.15, 0.2) is 18.2 Å². The zero-order valence-corrected chi connectivity index (χ0v) is 21.9. The van der Waals surface area contributed by atoms with Gasteiger partial charge in [0.15, 0.2) is 0 Å². The van der Waals surface area contributed by atoms with Gasteiger partial charge in [-0.2, -0.15) is 5.26 Å². The predicted octanol–water partition coefficient (Wildman–Crippen LogP) is 4.61. The largest absolute Gasteiger partial charge is 0.490 e. The minimum atomic E-state index is -0.540. The minimum absolute atomic E-state index is 0.0775. The molecule has 8 nitrogen and oxygen atoms in total. The fourth-order valence-corrected chi connectivity index (χ4v) is 4.77. The Balaban J connectivity index is 1.50. The highest BCUT2D eigenvalue weighted by Crippen LogP contribution is 2.33. The number of likely N-dealkylation sites (tertiary alicyclic amines) is 1. The second-order valence-electron chi connectivity index (χ2n) is 10.9. The number of amides is 1. The summed E-state index contributed by atoms with van der Waals surface area (Å²) in [6, 6.07) is 7.81. The molecule has 3 rings (SSSR count). The van der Waals surface area contributed by atoms with Crippen molar-refractivity contribution < 1.29 is 23.8 Å². The summed E-state index contributed by atoms with van der Waals surface area (Å²) in [5.41, 5.74) is 0.0356. The molecule has 8 heteroatoms. The SMILES string of the molecule is COC(=O)c1cc(O[C@H]2C[C@H](N(CC3CCN(C(=O)OC(C)(C)C)CC3)C(C)C)C2)ccc1C#N. The van der Waals surface area contributed by atoms with Crippen molar-refractivity contribution in [2.75, 3.05) is 26.7 Å². The summed E-state index contributed by atoms with van der Waals surface area (Å²) in [5.74, 6) is 0.595. The maximum Gasteiger partial charge on any atom is 0.410 e. The molecule has 35 heavy (non-hydrogen) atoms. The lowest BCUT2D eigenvalue weighted by Crippen LogP contribution is -2.54. The average molecular weight is 486 g/mol. The topological polar surface area (TPSA) is 92.1 Å². The molecule has 2 aliphatic rings. The van der Waals surface area contributed by atoms with Crippen LogP contribution in [0.3, 0.4) is 0 Å². The van der Waals surface area contributed by atoms with E-state index >= 15 is 0 Å². The van der Waals surface area contributed by atoms with E-state index in [1.54, 1.807) is 18.2 Å². The number of nitriles is 1. The Kier molecular flexibility index (Phi) is 8.65. The van der Waals surface area contributed by atoms with E-state index in [0.717, 1.165) is 45.3 Å². The lowest BCUT2D eigenvalue weighted by Gasteiger charge is -2.46. The number of hydrogen-bond donors (Lipinski definition) is 0. The summed E-state index contributed by atoms with van der Waals surface area (Å²) in [5, 5.41) is 9.23. The van der Waals surface area contributed by atoms with E-state index < -0.39 is 11.6 Å². The molecule has 0 atom stereocenters. The van der Waals surface area contributed by atoms with E-state index in [-0.39, 0.29) is 23.3 Å².